The molecule has 3 nitrogen and oxygen atoms in total. The topological polar surface area (TPSA) is 47.4 Å². The molecule has 1 aliphatic carbocycles. The van der Waals surface area contributed by atoms with Crippen LogP contribution in [-0.2, 0) is 0 Å². The number of H-pyrrole nitrogens is 3. The Balaban J connectivity index is 1.74. The monoisotopic (exact) mass is 553 g/mol. The van der Waals surface area contributed by atoms with E-state index in [0.29, 0.717) is 0 Å². The quantitative estimate of drug-likeness (QED) is 0.205. The van der Waals surface area contributed by atoms with Gasteiger partial charge in [0.1, 0.15) is 0 Å². The van der Waals surface area contributed by atoms with E-state index in [4.69, 9.17) is 0 Å². The van der Waals surface area contributed by atoms with Crippen LogP contribution in [0.5, 0.6) is 0 Å². The summed E-state index contributed by atoms with van der Waals surface area (Å²) in [5, 5.41) is 6.38. The van der Waals surface area contributed by atoms with Gasteiger partial charge in [-0.1, -0.05) is 51.6 Å². The van der Waals surface area contributed by atoms with Gasteiger partial charge >= 0.3 is 0 Å². The van der Waals surface area contributed by atoms with Crippen molar-refractivity contribution in [2.24, 2.45) is 0 Å². The van der Waals surface area contributed by atoms with Crippen LogP contribution in [0, 0.1) is 0 Å². The van der Waals surface area contributed by atoms with Gasteiger partial charge in [0, 0.05) is 49.1 Å². The summed E-state index contributed by atoms with van der Waals surface area (Å²) in [6, 6.07) is 13.2. The van der Waals surface area contributed by atoms with Crippen molar-refractivity contribution >= 4 is 73.9 Å². The molecule has 6 rings (SSSR count). The third-order valence-electron chi connectivity index (χ3n) is 8.17. The number of fused-ring (bicyclic) bond motifs is 3. The molecule has 4 heteroatoms. The zero-order valence-electron chi connectivity index (χ0n) is 24.3. The van der Waals surface area contributed by atoms with Crippen molar-refractivity contribution < 1.29 is 0 Å². The van der Waals surface area contributed by atoms with E-state index in [9.17, 15) is 0 Å². The largest absolute Gasteiger partial charge is 0.354 e. The van der Waals surface area contributed by atoms with E-state index in [1.54, 1.807) is 11.8 Å². The van der Waals surface area contributed by atoms with E-state index in [1.165, 1.54) is 15.7 Å². The summed E-state index contributed by atoms with van der Waals surface area (Å²) in [6.45, 7) is 32.0. The van der Waals surface area contributed by atoms with Gasteiger partial charge in [-0.05, 0) is 102 Å². The number of hydrogen-bond donors (Lipinski definition) is 3. The zero-order valence-corrected chi connectivity index (χ0v) is 25.1. The lowest BCUT2D eigenvalue weighted by Crippen LogP contribution is -2.31. The Hall–Kier alpha value is -4.41. The summed E-state index contributed by atoms with van der Waals surface area (Å²) in [6.07, 6.45) is 2.88. The van der Waals surface area contributed by atoms with E-state index < -0.39 is 0 Å². The molecule has 1 aliphatic rings. The number of hydrogen-bond acceptors (Lipinski definition) is 1. The average molecular weight is 554 g/mol. The Kier molecular flexibility index (Phi) is 6.28. The molecule has 0 unspecified atom stereocenters. The molecule has 3 heterocycles. The molecule has 0 fully saturated rings. The van der Waals surface area contributed by atoms with E-state index in [0.717, 1.165) is 100 Å². The average Bonchev–Trinajstić information content (AvgIpc) is 3.66. The van der Waals surface area contributed by atoms with Gasteiger partial charge in [-0.3, -0.25) is 0 Å². The molecule has 0 bridgehead atoms. The molecule has 204 valence electrons. The van der Waals surface area contributed by atoms with Gasteiger partial charge in [0.25, 0.3) is 0 Å². The second-order valence-electron chi connectivity index (χ2n) is 11.3. The number of aromatic nitrogens is 3. The molecule has 0 spiro atoms. The number of allylic oxidation sites excluding steroid dienone is 3. The number of nitrogens with one attached hydrogen (secondary N) is 3. The molecule has 0 aliphatic heterocycles. The summed E-state index contributed by atoms with van der Waals surface area (Å²) < 4.78 is 0. The van der Waals surface area contributed by atoms with Crippen LogP contribution < -0.4 is 21.0 Å². The summed E-state index contributed by atoms with van der Waals surface area (Å²) >= 11 is 1.74. The molecular formula is C37H35N3S. The highest BCUT2D eigenvalue weighted by Gasteiger charge is 2.22. The Morgan fingerprint density at radius 3 is 2.02 bits per heavy atom. The highest BCUT2D eigenvalue weighted by atomic mass is 32.2. The molecule has 3 aromatic heterocycles. The van der Waals surface area contributed by atoms with Gasteiger partial charge in [-0.15, -0.1) is 11.8 Å². The van der Waals surface area contributed by atoms with Crippen molar-refractivity contribution in [2.75, 3.05) is 6.26 Å². The lowest BCUT2D eigenvalue weighted by molar-refractivity contribution is 1.21. The third-order valence-corrected chi connectivity index (χ3v) is 9.07. The smallest absolute Gasteiger partial charge is 0.0602 e. The minimum Gasteiger partial charge on any atom is -0.354 e. The van der Waals surface area contributed by atoms with Crippen LogP contribution in [-0.4, -0.2) is 21.2 Å². The fraction of sp³-hybridized carbons (Fsp3) is 0.135. The Bertz CT molecular complexity index is 2240. The summed E-state index contributed by atoms with van der Waals surface area (Å²) in [7, 11) is 0. The van der Waals surface area contributed by atoms with E-state index in [1.807, 2.05) is 20.8 Å². The predicted molar refractivity (Wildman–Crippen MR) is 183 cm³/mol. The first-order valence-electron chi connectivity index (χ1n) is 13.7. The van der Waals surface area contributed by atoms with Crippen molar-refractivity contribution in [3.8, 4) is 11.1 Å². The fourth-order valence-electron chi connectivity index (χ4n) is 5.98. The zero-order chi connectivity index (χ0) is 29.3. The van der Waals surface area contributed by atoms with Crippen LogP contribution in [0.15, 0.2) is 68.3 Å². The van der Waals surface area contributed by atoms with Crippen molar-refractivity contribution in [3.05, 3.63) is 112 Å². The second-order valence-corrected chi connectivity index (χ2v) is 12.1. The van der Waals surface area contributed by atoms with E-state index in [-0.39, 0.29) is 0 Å². The molecule has 0 saturated carbocycles. The van der Waals surface area contributed by atoms with Crippen LogP contribution in [0.4, 0.5) is 0 Å². The first-order valence-corrected chi connectivity index (χ1v) is 14.9. The molecular weight excluding hydrogens is 518 g/mol. The minimum atomic E-state index is 0.768. The maximum absolute atomic E-state index is 4.47. The van der Waals surface area contributed by atoms with Crippen molar-refractivity contribution in [1.29, 1.82) is 0 Å². The van der Waals surface area contributed by atoms with Crippen molar-refractivity contribution in [2.45, 2.75) is 27.2 Å². The molecule has 0 atom stereocenters. The molecule has 0 radical (unpaired) electrons. The van der Waals surface area contributed by atoms with Crippen LogP contribution >= 0.6 is 11.8 Å². The van der Waals surface area contributed by atoms with Crippen LogP contribution in [0.25, 0.3) is 73.3 Å². The highest BCUT2D eigenvalue weighted by Crippen LogP contribution is 2.39. The summed E-state index contributed by atoms with van der Waals surface area (Å²) in [5.41, 5.74) is 13.9. The van der Waals surface area contributed by atoms with Gasteiger partial charge in [0.15, 0.2) is 0 Å². The van der Waals surface area contributed by atoms with Crippen LogP contribution in [0.1, 0.15) is 49.8 Å². The van der Waals surface area contributed by atoms with Crippen molar-refractivity contribution in [1.82, 2.24) is 15.0 Å². The van der Waals surface area contributed by atoms with Gasteiger partial charge in [-0.25, -0.2) is 0 Å². The lowest BCUT2D eigenvalue weighted by Gasteiger charge is -2.18. The van der Waals surface area contributed by atoms with Gasteiger partial charge in [0.2, 0.25) is 0 Å². The second kappa shape index (κ2) is 9.60. The summed E-state index contributed by atoms with van der Waals surface area (Å²) in [5.74, 6) is 0. The SMILES string of the molecule is C=C1CC(c2ccc(-c3c(=C)c(=C)cc4cc(C(=C)C)[nH]c34)c3cc(C(=C)C)[nH]c23)=c2cc(C(=C)C)[nH]c2=C1SC. The van der Waals surface area contributed by atoms with Gasteiger partial charge in [-0.2, -0.15) is 0 Å². The number of benzene rings is 2. The number of aromatic amines is 3. The molecule has 0 amide bonds. The standard InChI is InChI=1S/C37H35N3S/c1-18(2)30-15-24-13-21(7)23(9)33(34(24)38-30)25-11-12-26(35-28(25)16-31(39-35)19(3)4)27-14-22(8)37(41-10)36-29(27)17-32(40-36)20(5)6/h11-13,15-17,38-40H,1,3,5,7-9,14H2,2,4,6,10H3. The Morgan fingerprint density at radius 1 is 0.756 bits per heavy atom. The number of rotatable bonds is 6. The lowest BCUT2D eigenvalue weighted by atomic mass is 9.89. The first-order chi connectivity index (χ1) is 19.5. The fourth-order valence-corrected chi connectivity index (χ4v) is 6.70. The third kappa shape index (κ3) is 4.13. The van der Waals surface area contributed by atoms with Gasteiger partial charge < -0.3 is 15.0 Å². The summed E-state index contributed by atoms with van der Waals surface area (Å²) in [4.78, 5) is 12.2. The highest BCUT2D eigenvalue weighted by molar-refractivity contribution is 8.07. The number of thioether (sulfide) groups is 1. The van der Waals surface area contributed by atoms with Crippen molar-refractivity contribution in [3.63, 3.8) is 0 Å². The maximum Gasteiger partial charge on any atom is 0.0602 e. The molecule has 3 N–H and O–H groups in total. The molecule has 5 aromatic rings. The normalized spacial score (nSPS) is 13.3. The van der Waals surface area contributed by atoms with Crippen LogP contribution in [0.2, 0.25) is 0 Å². The van der Waals surface area contributed by atoms with Gasteiger partial charge in [0.05, 0.1) is 16.4 Å². The molecule has 0 saturated heterocycles. The van der Waals surface area contributed by atoms with Crippen LogP contribution in [0.3, 0.4) is 0 Å². The molecule has 41 heavy (non-hydrogen) atoms. The Labute approximate surface area is 244 Å². The minimum absolute atomic E-state index is 0.768. The molecule has 2 aromatic carbocycles. The Morgan fingerprint density at radius 2 is 1.37 bits per heavy atom. The first kappa shape index (κ1) is 26.8. The van der Waals surface area contributed by atoms with E-state index in [2.05, 4.69) is 97.1 Å². The maximum atomic E-state index is 4.47. The van der Waals surface area contributed by atoms with E-state index >= 15 is 0 Å². The predicted octanol–water partition coefficient (Wildman–Crippen LogP) is 7.19.